The molecule has 0 aromatic rings. The van der Waals surface area contributed by atoms with Crippen molar-refractivity contribution in [2.24, 2.45) is 0 Å². The van der Waals surface area contributed by atoms with Crippen LogP contribution in [0.5, 0.6) is 0 Å². The maximum atomic E-state index is 10.4. The molecule has 2 radical (unpaired) electrons. The number of hydrogen-bond acceptors (Lipinski definition) is 2. The first-order chi connectivity index (χ1) is 4.20. The van der Waals surface area contributed by atoms with Crippen LogP contribution in [0.4, 0.5) is 0 Å². The van der Waals surface area contributed by atoms with Crippen LogP contribution >= 0.6 is 0 Å². The van der Waals surface area contributed by atoms with Gasteiger partial charge in [-0.2, -0.15) is 0 Å². The van der Waals surface area contributed by atoms with E-state index in [9.17, 15) is 9.59 Å². The molecule has 2 N–H and O–H groups in total. The van der Waals surface area contributed by atoms with E-state index in [4.69, 9.17) is 5.11 Å². The molecule has 0 aromatic heterocycles. The van der Waals surface area contributed by atoms with Gasteiger partial charge in [0.25, 0.3) is 0 Å². The third kappa shape index (κ3) is 2.57. The maximum Gasteiger partial charge on any atom is 0.326 e. The third-order valence-corrected chi connectivity index (χ3v) is 1.29. The average molecular weight is 217 g/mol. The standard InChI is InChI=1S/C5H7NO3.Sr/c7-4-2-1-3(6-4)5(8)9;/h3H,1-2H2,(H,6,7)(H,8,9);/t3-;/m0./s1. The van der Waals surface area contributed by atoms with Gasteiger partial charge in [-0.25, -0.2) is 4.79 Å². The van der Waals surface area contributed by atoms with Crippen LogP contribution in [0.1, 0.15) is 12.8 Å². The van der Waals surface area contributed by atoms with E-state index >= 15 is 0 Å². The fraction of sp³-hybridized carbons (Fsp3) is 0.600. The smallest absolute Gasteiger partial charge is 0.326 e. The van der Waals surface area contributed by atoms with Gasteiger partial charge in [0.05, 0.1) is 0 Å². The molecule has 1 atom stereocenters. The maximum absolute atomic E-state index is 10.4. The zero-order valence-corrected chi connectivity index (χ0v) is 8.94. The fourth-order valence-corrected chi connectivity index (χ4v) is 0.799. The van der Waals surface area contributed by atoms with E-state index in [1.54, 1.807) is 0 Å². The summed E-state index contributed by atoms with van der Waals surface area (Å²) in [5, 5.41) is 10.6. The quantitative estimate of drug-likeness (QED) is 0.551. The van der Waals surface area contributed by atoms with Crippen molar-refractivity contribution in [3.05, 3.63) is 0 Å². The molecule has 52 valence electrons. The summed E-state index contributed by atoms with van der Waals surface area (Å²) in [5.41, 5.74) is 0. The number of hydrogen-bond donors (Lipinski definition) is 2. The number of rotatable bonds is 1. The zero-order valence-electron chi connectivity index (χ0n) is 5.46. The predicted molar refractivity (Wildman–Crippen MR) is 34.6 cm³/mol. The molecule has 1 amide bonds. The number of carbonyl (C=O) groups excluding carboxylic acids is 1. The van der Waals surface area contributed by atoms with Crippen molar-refractivity contribution >= 4 is 57.4 Å². The van der Waals surface area contributed by atoms with Gasteiger partial charge in [0.15, 0.2) is 0 Å². The Balaban J connectivity index is 0.000000810. The van der Waals surface area contributed by atoms with Gasteiger partial charge in [0.1, 0.15) is 6.04 Å². The average Bonchev–Trinajstić information content (AvgIpc) is 2.14. The number of aliphatic carboxylic acids is 1. The summed E-state index contributed by atoms with van der Waals surface area (Å²) in [7, 11) is 0. The molecule has 4 nitrogen and oxygen atoms in total. The molecule has 0 unspecified atom stereocenters. The topological polar surface area (TPSA) is 66.4 Å². The van der Waals surface area contributed by atoms with Crippen molar-refractivity contribution in [2.45, 2.75) is 18.9 Å². The summed E-state index contributed by atoms with van der Waals surface area (Å²) in [6.45, 7) is 0. The van der Waals surface area contributed by atoms with Gasteiger partial charge in [0.2, 0.25) is 5.91 Å². The van der Waals surface area contributed by atoms with Gasteiger partial charge in [-0.1, -0.05) is 0 Å². The van der Waals surface area contributed by atoms with Crippen LogP contribution in [0.25, 0.3) is 0 Å². The minimum absolute atomic E-state index is 0. The van der Waals surface area contributed by atoms with Crippen molar-refractivity contribution in [2.75, 3.05) is 0 Å². The van der Waals surface area contributed by atoms with Crippen LogP contribution in [-0.4, -0.2) is 68.5 Å². The predicted octanol–water partition coefficient (Wildman–Crippen LogP) is -1.03. The number of amides is 1. The van der Waals surface area contributed by atoms with Crippen molar-refractivity contribution in [3.63, 3.8) is 0 Å². The molecule has 0 bridgehead atoms. The van der Waals surface area contributed by atoms with Crippen LogP contribution in [0.15, 0.2) is 0 Å². The number of nitrogens with one attached hydrogen (secondary N) is 1. The molecule has 10 heavy (non-hydrogen) atoms. The Morgan fingerprint density at radius 3 is 2.50 bits per heavy atom. The van der Waals surface area contributed by atoms with E-state index in [0.717, 1.165) is 0 Å². The van der Waals surface area contributed by atoms with Crippen LogP contribution in [-0.2, 0) is 9.59 Å². The summed E-state index contributed by atoms with van der Waals surface area (Å²) in [6, 6.07) is -0.641. The van der Waals surface area contributed by atoms with E-state index in [0.29, 0.717) is 12.8 Å². The molecule has 1 aliphatic rings. The summed E-state index contributed by atoms with van der Waals surface area (Å²) in [4.78, 5) is 20.5. The number of carboxylic acids is 1. The van der Waals surface area contributed by atoms with Crippen LogP contribution in [0.3, 0.4) is 0 Å². The van der Waals surface area contributed by atoms with E-state index in [1.165, 1.54) is 0 Å². The molecule has 1 aliphatic heterocycles. The normalized spacial score (nSPS) is 23.2. The zero-order chi connectivity index (χ0) is 6.85. The SMILES string of the molecule is O=C1CC[C@@H](C(=O)O)N1.[Sr]. The summed E-state index contributed by atoms with van der Waals surface area (Å²) in [6.07, 6.45) is 0.769. The molecule has 0 aliphatic carbocycles. The second kappa shape index (κ2) is 4.33. The minimum atomic E-state index is -0.944. The molecule has 1 rings (SSSR count). The van der Waals surface area contributed by atoms with E-state index in [-0.39, 0.29) is 51.4 Å². The van der Waals surface area contributed by atoms with Crippen LogP contribution in [0, 0.1) is 0 Å². The minimum Gasteiger partial charge on any atom is -0.480 e. The second-order valence-corrected chi connectivity index (χ2v) is 2.00. The molecule has 0 spiro atoms. The second-order valence-electron chi connectivity index (χ2n) is 2.00. The molecule has 1 saturated heterocycles. The molecule has 5 heteroatoms. The van der Waals surface area contributed by atoms with E-state index in [1.807, 2.05) is 0 Å². The number of carboxylic acid groups (broad SMARTS) is 1. The summed E-state index contributed by atoms with van der Waals surface area (Å²) < 4.78 is 0. The number of carbonyl (C=O) groups is 2. The van der Waals surface area contributed by atoms with Crippen molar-refractivity contribution in [3.8, 4) is 0 Å². The summed E-state index contributed by atoms with van der Waals surface area (Å²) in [5.74, 6) is -1.11. The van der Waals surface area contributed by atoms with Crippen molar-refractivity contribution in [1.82, 2.24) is 5.32 Å². The largest absolute Gasteiger partial charge is 0.480 e. The summed E-state index contributed by atoms with van der Waals surface area (Å²) >= 11 is 0. The van der Waals surface area contributed by atoms with Gasteiger partial charge < -0.3 is 10.4 Å². The van der Waals surface area contributed by atoms with E-state index < -0.39 is 12.0 Å². The van der Waals surface area contributed by atoms with Gasteiger partial charge in [-0.05, 0) is 6.42 Å². The first-order valence-corrected chi connectivity index (χ1v) is 2.72. The third-order valence-electron chi connectivity index (χ3n) is 1.29. The van der Waals surface area contributed by atoms with E-state index in [2.05, 4.69) is 5.32 Å². The molecular formula is C5H7NO3Sr. The van der Waals surface area contributed by atoms with Crippen molar-refractivity contribution in [1.29, 1.82) is 0 Å². The Bertz CT molecular complexity index is 159. The molecule has 1 heterocycles. The Morgan fingerprint density at radius 2 is 2.30 bits per heavy atom. The molecule has 0 aromatic carbocycles. The Kier molecular flexibility index (Phi) is 4.51. The Hall–Kier alpha value is 0.421. The van der Waals surface area contributed by atoms with Crippen LogP contribution < -0.4 is 5.32 Å². The van der Waals surface area contributed by atoms with Crippen molar-refractivity contribution < 1.29 is 14.7 Å². The molecule has 0 saturated carbocycles. The Morgan fingerprint density at radius 1 is 1.70 bits per heavy atom. The Labute approximate surface area is 95.2 Å². The van der Waals surface area contributed by atoms with Gasteiger partial charge in [0, 0.05) is 51.9 Å². The van der Waals surface area contributed by atoms with Gasteiger partial charge in [-0.15, -0.1) is 0 Å². The molecule has 1 fully saturated rings. The van der Waals surface area contributed by atoms with Crippen LogP contribution in [0.2, 0.25) is 0 Å². The first-order valence-electron chi connectivity index (χ1n) is 2.72. The molecular weight excluding hydrogens is 210 g/mol. The monoisotopic (exact) mass is 217 g/mol. The van der Waals surface area contributed by atoms with Gasteiger partial charge in [-0.3, -0.25) is 4.79 Å². The fourth-order valence-electron chi connectivity index (χ4n) is 0.799. The van der Waals surface area contributed by atoms with Gasteiger partial charge >= 0.3 is 5.97 Å². The first kappa shape index (κ1) is 10.4.